The molecule has 2 spiro atoms. The summed E-state index contributed by atoms with van der Waals surface area (Å²) >= 11 is 0. The number of Topliss-reactive ketones (excluding diaryl/α,β-unsaturated/α-hetero) is 1. The number of amides is 1. The second kappa shape index (κ2) is 7.88. The van der Waals surface area contributed by atoms with Gasteiger partial charge in [-0.1, -0.05) is 34.6 Å². The Balaban J connectivity index is 1.52. The molecular weight excluding hydrogens is 452 g/mol. The average Bonchev–Trinajstić information content (AvgIpc) is 3.44. The SMILES string of the molecule is CC(C)C(=O)N[C@H]1CCC23C[C@]24C(=O)C[C@]2(C)[C@@H]([C@H](C)N(C)C)[C@H](O)C[C@@]2(C)[C@@H]4CC[C@H]3[C@]1(C)C=O. The highest BCUT2D eigenvalue weighted by Gasteiger charge is 2.86. The number of rotatable bonds is 5. The monoisotopic (exact) mass is 500 g/mol. The third-order valence-corrected chi connectivity index (χ3v) is 13.1. The van der Waals surface area contributed by atoms with E-state index in [0.717, 1.165) is 44.8 Å². The minimum atomic E-state index is -0.656. The number of carbonyl (C=O) groups excluding carboxylic acids is 3. The van der Waals surface area contributed by atoms with Crippen molar-refractivity contribution in [1.82, 2.24) is 10.2 Å². The molecule has 0 aromatic rings. The third kappa shape index (κ3) is 2.89. The Kier molecular flexibility index (Phi) is 5.76. The molecule has 0 aromatic carbocycles. The van der Waals surface area contributed by atoms with Gasteiger partial charge in [0.15, 0.2) is 0 Å². The Bertz CT molecular complexity index is 980. The van der Waals surface area contributed by atoms with Crippen LogP contribution in [0.5, 0.6) is 0 Å². The maximum Gasteiger partial charge on any atom is 0.222 e. The van der Waals surface area contributed by atoms with Gasteiger partial charge in [-0.2, -0.15) is 0 Å². The van der Waals surface area contributed by atoms with E-state index >= 15 is 0 Å². The molecule has 5 aliphatic rings. The van der Waals surface area contributed by atoms with Crippen LogP contribution < -0.4 is 5.32 Å². The molecule has 0 aromatic heterocycles. The molecule has 0 aliphatic heterocycles. The summed E-state index contributed by atoms with van der Waals surface area (Å²) < 4.78 is 0. The number of carbonyl (C=O) groups is 3. The zero-order valence-electron chi connectivity index (χ0n) is 23.7. The first-order valence-corrected chi connectivity index (χ1v) is 14.3. The third-order valence-electron chi connectivity index (χ3n) is 13.1. The summed E-state index contributed by atoms with van der Waals surface area (Å²) in [6.45, 7) is 12.7. The number of aliphatic hydroxyl groups excluding tert-OH is 1. The fraction of sp³-hybridized carbons (Fsp3) is 0.900. The van der Waals surface area contributed by atoms with Gasteiger partial charge in [-0.15, -0.1) is 0 Å². The summed E-state index contributed by atoms with van der Waals surface area (Å²) in [4.78, 5) is 41.9. The van der Waals surface area contributed by atoms with Gasteiger partial charge in [0, 0.05) is 41.2 Å². The summed E-state index contributed by atoms with van der Waals surface area (Å²) in [7, 11) is 4.14. The van der Waals surface area contributed by atoms with Gasteiger partial charge in [0.2, 0.25) is 5.91 Å². The van der Waals surface area contributed by atoms with Crippen molar-refractivity contribution in [2.45, 2.75) is 105 Å². The lowest BCUT2D eigenvalue weighted by Crippen LogP contribution is -2.63. The molecule has 0 saturated heterocycles. The van der Waals surface area contributed by atoms with E-state index in [1.807, 2.05) is 20.8 Å². The van der Waals surface area contributed by atoms with Crippen molar-refractivity contribution < 1.29 is 19.5 Å². The van der Waals surface area contributed by atoms with Crippen LogP contribution in [-0.2, 0) is 14.4 Å². The Hall–Kier alpha value is -1.27. The van der Waals surface area contributed by atoms with E-state index in [1.165, 1.54) is 0 Å². The number of aliphatic hydroxyl groups is 1. The minimum absolute atomic E-state index is 0.00115. The Labute approximate surface area is 217 Å². The van der Waals surface area contributed by atoms with Crippen LogP contribution in [0.15, 0.2) is 0 Å². The molecule has 0 radical (unpaired) electrons. The van der Waals surface area contributed by atoms with Gasteiger partial charge in [0.05, 0.1) is 6.10 Å². The summed E-state index contributed by atoms with van der Waals surface area (Å²) in [6, 6.07) is 0.0180. The molecule has 2 N–H and O–H groups in total. The lowest BCUT2D eigenvalue weighted by atomic mass is 9.41. The van der Waals surface area contributed by atoms with E-state index in [1.54, 1.807) is 0 Å². The maximum atomic E-state index is 14.4. The van der Waals surface area contributed by atoms with Gasteiger partial charge >= 0.3 is 0 Å². The largest absolute Gasteiger partial charge is 0.393 e. The van der Waals surface area contributed by atoms with Crippen LogP contribution >= 0.6 is 0 Å². The Morgan fingerprint density at radius 1 is 1.08 bits per heavy atom. The van der Waals surface area contributed by atoms with Crippen molar-refractivity contribution in [2.75, 3.05) is 14.1 Å². The van der Waals surface area contributed by atoms with Crippen LogP contribution in [0.1, 0.15) is 86.5 Å². The number of hydrogen-bond donors (Lipinski definition) is 2. The van der Waals surface area contributed by atoms with Gasteiger partial charge in [0.25, 0.3) is 0 Å². The van der Waals surface area contributed by atoms with E-state index in [-0.39, 0.29) is 63.3 Å². The number of hydrogen-bond acceptors (Lipinski definition) is 5. The van der Waals surface area contributed by atoms with Gasteiger partial charge in [-0.3, -0.25) is 9.59 Å². The average molecular weight is 501 g/mol. The van der Waals surface area contributed by atoms with Crippen molar-refractivity contribution >= 4 is 18.0 Å². The number of fused-ring (bicyclic) bond motifs is 2. The number of nitrogens with zero attached hydrogens (tertiary/aromatic N) is 1. The molecule has 6 heteroatoms. The number of aldehydes is 1. The quantitative estimate of drug-likeness (QED) is 0.560. The fourth-order valence-electron chi connectivity index (χ4n) is 10.9. The lowest BCUT2D eigenvalue weighted by Gasteiger charge is -2.62. The van der Waals surface area contributed by atoms with Crippen molar-refractivity contribution in [3.8, 4) is 0 Å². The first-order valence-electron chi connectivity index (χ1n) is 14.3. The van der Waals surface area contributed by atoms with Crippen molar-refractivity contribution in [3.05, 3.63) is 0 Å². The molecule has 1 amide bonds. The molecule has 5 fully saturated rings. The molecule has 5 saturated carbocycles. The molecule has 6 nitrogen and oxygen atoms in total. The molecule has 202 valence electrons. The zero-order chi connectivity index (χ0) is 26.6. The second-order valence-corrected chi connectivity index (χ2v) is 14.7. The summed E-state index contributed by atoms with van der Waals surface area (Å²) in [5.74, 6) is 0.697. The Morgan fingerprint density at radius 2 is 1.72 bits per heavy atom. The first-order chi connectivity index (χ1) is 16.7. The highest BCUT2D eigenvalue weighted by atomic mass is 16.3. The molecule has 5 rings (SSSR count). The minimum Gasteiger partial charge on any atom is -0.393 e. The van der Waals surface area contributed by atoms with E-state index < -0.39 is 11.5 Å². The summed E-state index contributed by atoms with van der Waals surface area (Å²) in [5, 5.41) is 14.6. The van der Waals surface area contributed by atoms with Crippen LogP contribution in [0.3, 0.4) is 0 Å². The van der Waals surface area contributed by atoms with E-state index in [9.17, 15) is 19.5 Å². The lowest BCUT2D eigenvalue weighted by molar-refractivity contribution is -0.171. The van der Waals surface area contributed by atoms with E-state index in [0.29, 0.717) is 12.2 Å². The Morgan fingerprint density at radius 3 is 2.31 bits per heavy atom. The molecule has 36 heavy (non-hydrogen) atoms. The smallest absolute Gasteiger partial charge is 0.222 e. The predicted octanol–water partition coefficient (Wildman–Crippen LogP) is 3.85. The first kappa shape index (κ1) is 26.3. The van der Waals surface area contributed by atoms with Crippen molar-refractivity contribution in [1.29, 1.82) is 0 Å². The highest BCUT2D eigenvalue weighted by molar-refractivity contribution is 5.92. The normalized spacial score (nSPS) is 52.2. The second-order valence-electron chi connectivity index (χ2n) is 14.7. The van der Waals surface area contributed by atoms with Crippen LogP contribution in [0.4, 0.5) is 0 Å². The van der Waals surface area contributed by atoms with Gasteiger partial charge in [-0.05, 0) is 87.6 Å². The van der Waals surface area contributed by atoms with E-state index in [4.69, 9.17) is 0 Å². The fourth-order valence-corrected chi connectivity index (χ4v) is 10.9. The number of nitrogens with one attached hydrogen (secondary N) is 1. The molecule has 1 unspecified atom stereocenters. The van der Waals surface area contributed by atoms with E-state index in [2.05, 4.69) is 45.1 Å². The molecule has 11 atom stereocenters. The van der Waals surface area contributed by atoms with Crippen LogP contribution in [0.25, 0.3) is 0 Å². The summed E-state index contributed by atoms with van der Waals surface area (Å²) in [5.41, 5.74) is -1.50. The van der Waals surface area contributed by atoms with Crippen molar-refractivity contribution in [3.63, 3.8) is 0 Å². The predicted molar refractivity (Wildman–Crippen MR) is 139 cm³/mol. The topological polar surface area (TPSA) is 86.7 Å². The van der Waals surface area contributed by atoms with Gasteiger partial charge in [0.1, 0.15) is 12.1 Å². The highest BCUT2D eigenvalue weighted by Crippen LogP contribution is 2.87. The number of ketones is 1. The van der Waals surface area contributed by atoms with Gasteiger partial charge in [-0.25, -0.2) is 0 Å². The molecular formula is C30H48N2O4. The van der Waals surface area contributed by atoms with Crippen LogP contribution in [-0.4, -0.2) is 60.3 Å². The molecule has 0 heterocycles. The molecule has 5 aliphatic carbocycles. The maximum absolute atomic E-state index is 14.4. The molecule has 0 bridgehead atoms. The van der Waals surface area contributed by atoms with Crippen LogP contribution in [0, 0.1) is 50.7 Å². The standard InChI is InChI=1S/C30H48N2O4/c1-17(2)25(36)31-22-11-12-29-15-30(29)21(10-9-20(29)26(22,4)16-33)27(5)13-19(34)24(18(3)32(7)8)28(27,6)14-23(30)35/h16-22,24,34H,9-15H2,1-8H3,(H,31,36)/t18-,19+,20-,21-,22-,24-,26-,27-,28+,29?,30-/m0/s1. The van der Waals surface area contributed by atoms with Crippen molar-refractivity contribution in [2.24, 2.45) is 50.7 Å². The summed E-state index contributed by atoms with van der Waals surface area (Å²) in [6.07, 6.45) is 6.36. The van der Waals surface area contributed by atoms with Crippen LogP contribution in [0.2, 0.25) is 0 Å². The van der Waals surface area contributed by atoms with Gasteiger partial charge < -0.3 is 20.1 Å². The zero-order valence-corrected chi connectivity index (χ0v) is 23.7.